The number of nitrogens with zero attached hydrogens (tertiary/aromatic N) is 2. The molecule has 0 heterocycles. The molecule has 0 saturated heterocycles. The molecular weight excluding hydrogens is 408 g/mol. The van der Waals surface area contributed by atoms with Crippen LogP contribution in [0.5, 0.6) is 0 Å². The van der Waals surface area contributed by atoms with E-state index in [1.54, 1.807) is 0 Å². The van der Waals surface area contributed by atoms with Crippen molar-refractivity contribution >= 4 is 17.7 Å². The van der Waals surface area contributed by atoms with E-state index in [0.29, 0.717) is 24.2 Å². The maximum atomic E-state index is 9.55. The van der Waals surface area contributed by atoms with Gasteiger partial charge in [-0.2, -0.15) is 0 Å². The third kappa shape index (κ3) is 18.8. The molecular formula is C25H46N2O5. The Kier molecular flexibility index (Phi) is 18.6. The van der Waals surface area contributed by atoms with Crippen molar-refractivity contribution in [1.82, 2.24) is 4.90 Å². The van der Waals surface area contributed by atoms with Gasteiger partial charge in [-0.15, -0.1) is 0 Å². The molecule has 0 radical (unpaired) electrons. The van der Waals surface area contributed by atoms with Crippen molar-refractivity contribution in [2.75, 3.05) is 13.2 Å². The summed E-state index contributed by atoms with van der Waals surface area (Å²) in [6.07, 6.45) is 16.8. The van der Waals surface area contributed by atoms with Crippen LogP contribution in [0.15, 0.2) is 17.3 Å². The zero-order valence-electron chi connectivity index (χ0n) is 20.7. The molecule has 186 valence electrons. The number of rotatable bonds is 9. The first-order valence-corrected chi connectivity index (χ1v) is 12.3. The van der Waals surface area contributed by atoms with E-state index in [9.17, 15) is 9.59 Å². The van der Waals surface area contributed by atoms with Gasteiger partial charge in [-0.3, -0.25) is 4.90 Å². The highest BCUT2D eigenvalue weighted by Crippen LogP contribution is 2.15. The van der Waals surface area contributed by atoms with Crippen LogP contribution in [0.2, 0.25) is 0 Å². The molecule has 1 fully saturated rings. The zero-order valence-corrected chi connectivity index (χ0v) is 20.7. The lowest BCUT2D eigenvalue weighted by Crippen LogP contribution is -2.38. The second kappa shape index (κ2) is 19.8. The summed E-state index contributed by atoms with van der Waals surface area (Å²) < 4.78 is 0. The van der Waals surface area contributed by atoms with E-state index >= 15 is 0 Å². The molecule has 1 aliphatic rings. The van der Waals surface area contributed by atoms with E-state index in [2.05, 4.69) is 37.8 Å². The normalized spacial score (nSPS) is 16.3. The van der Waals surface area contributed by atoms with Gasteiger partial charge in [-0.05, 0) is 59.8 Å². The van der Waals surface area contributed by atoms with E-state index in [-0.39, 0.29) is 0 Å². The van der Waals surface area contributed by atoms with E-state index in [1.807, 2.05) is 0 Å². The third-order valence-corrected chi connectivity index (χ3v) is 5.47. The predicted molar refractivity (Wildman–Crippen MR) is 130 cm³/mol. The van der Waals surface area contributed by atoms with Crippen molar-refractivity contribution in [3.63, 3.8) is 0 Å². The second-order valence-corrected chi connectivity index (χ2v) is 8.96. The molecule has 0 aliphatic heterocycles. The first kappa shape index (κ1) is 30.1. The molecule has 2 N–H and O–H groups in total. The largest absolute Gasteiger partial charge is 0.478 e. The highest BCUT2D eigenvalue weighted by Gasteiger charge is 2.12. The van der Waals surface area contributed by atoms with Crippen molar-refractivity contribution in [3.8, 4) is 0 Å². The summed E-state index contributed by atoms with van der Waals surface area (Å²) in [7, 11) is 0. The summed E-state index contributed by atoms with van der Waals surface area (Å²) >= 11 is 0. The Morgan fingerprint density at radius 1 is 0.844 bits per heavy atom. The third-order valence-electron chi connectivity index (χ3n) is 5.47. The lowest BCUT2D eigenvalue weighted by Gasteiger charge is -2.30. The van der Waals surface area contributed by atoms with Crippen LogP contribution in [0.25, 0.3) is 0 Å². The fraction of sp³-hybridized carbons (Fsp3) is 0.800. The molecule has 7 heteroatoms. The minimum atomic E-state index is -1.26. The first-order chi connectivity index (χ1) is 15.2. The van der Waals surface area contributed by atoms with E-state index in [4.69, 9.17) is 15.1 Å². The second-order valence-electron chi connectivity index (χ2n) is 8.96. The molecule has 1 rings (SSSR count). The summed E-state index contributed by atoms with van der Waals surface area (Å²) in [5, 5.41) is 20.1. The number of hydrogen-bond donors (Lipinski definition) is 2. The molecule has 0 unspecified atom stereocenters. The minimum absolute atomic E-state index is 0.558. The van der Waals surface area contributed by atoms with Crippen LogP contribution in [0.1, 0.15) is 105 Å². The molecule has 0 aromatic rings. The Bertz CT molecular complexity index is 521. The van der Waals surface area contributed by atoms with Crippen molar-refractivity contribution in [2.45, 2.75) is 117 Å². The molecule has 0 aromatic carbocycles. The zero-order chi connectivity index (χ0) is 24.2. The Morgan fingerprint density at radius 2 is 1.25 bits per heavy atom. The van der Waals surface area contributed by atoms with Crippen molar-refractivity contribution in [1.29, 1.82) is 0 Å². The van der Waals surface area contributed by atoms with Crippen LogP contribution < -0.4 is 0 Å². The van der Waals surface area contributed by atoms with Gasteiger partial charge >= 0.3 is 11.9 Å². The van der Waals surface area contributed by atoms with Gasteiger partial charge in [-0.1, -0.05) is 50.1 Å². The summed E-state index contributed by atoms with van der Waals surface area (Å²) in [5.41, 5.74) is 1.31. The van der Waals surface area contributed by atoms with Gasteiger partial charge in [0.15, 0.2) is 0 Å². The topological polar surface area (TPSA) is 99.4 Å². The number of carbonyl (C=O) groups is 2. The first-order valence-electron chi connectivity index (χ1n) is 12.3. The minimum Gasteiger partial charge on any atom is -0.478 e. The molecule has 1 saturated carbocycles. The molecule has 0 bridgehead atoms. The average molecular weight is 455 g/mol. The standard InChI is InChI=1S/C21H42N2O.C4H4O4/c1-19(2)23(20(3)4)17-14-18-24-22-21-15-12-10-8-6-5-7-9-11-13-16-21;5-3(6)1-2-4(7)8/h19-20H,5-18H2,1-4H3;1-2H,(H,5,6)(H,7,8)/b;2-1+. The van der Waals surface area contributed by atoms with E-state index in [0.717, 1.165) is 32.4 Å². The van der Waals surface area contributed by atoms with E-state index in [1.165, 1.54) is 63.5 Å². The molecule has 0 amide bonds. The lowest BCUT2D eigenvalue weighted by molar-refractivity contribution is -0.134. The van der Waals surface area contributed by atoms with Crippen molar-refractivity contribution < 1.29 is 24.6 Å². The quantitative estimate of drug-likeness (QED) is 0.256. The van der Waals surface area contributed by atoms with Crippen LogP contribution in [-0.2, 0) is 14.4 Å². The Morgan fingerprint density at radius 3 is 1.62 bits per heavy atom. The van der Waals surface area contributed by atoms with E-state index < -0.39 is 11.9 Å². The Hall–Kier alpha value is -1.89. The Labute approximate surface area is 194 Å². The van der Waals surface area contributed by atoms with Gasteiger partial charge in [0.25, 0.3) is 0 Å². The summed E-state index contributed by atoms with van der Waals surface area (Å²) in [4.78, 5) is 27.3. The number of carboxylic acid groups (broad SMARTS) is 2. The Balaban J connectivity index is 0.00000102. The van der Waals surface area contributed by atoms with Crippen LogP contribution in [0.3, 0.4) is 0 Å². The van der Waals surface area contributed by atoms with Crippen molar-refractivity contribution in [2.24, 2.45) is 5.16 Å². The van der Waals surface area contributed by atoms with Gasteiger partial charge in [-0.25, -0.2) is 9.59 Å². The SMILES string of the molecule is CC(C)N(CCCON=C1CCCCCCCCCCC1)C(C)C.O=C(O)/C=C/C(=O)O. The molecule has 0 spiro atoms. The highest BCUT2D eigenvalue weighted by molar-refractivity contribution is 5.89. The lowest BCUT2D eigenvalue weighted by atomic mass is 10.00. The average Bonchev–Trinajstić information content (AvgIpc) is 2.70. The maximum Gasteiger partial charge on any atom is 0.328 e. The summed E-state index contributed by atoms with van der Waals surface area (Å²) in [6.45, 7) is 10.9. The maximum absolute atomic E-state index is 9.55. The van der Waals surface area contributed by atoms with Crippen LogP contribution in [0, 0.1) is 0 Å². The van der Waals surface area contributed by atoms with Crippen LogP contribution in [0.4, 0.5) is 0 Å². The smallest absolute Gasteiger partial charge is 0.328 e. The van der Waals surface area contributed by atoms with Gasteiger partial charge in [0.05, 0.1) is 5.71 Å². The predicted octanol–water partition coefficient (Wildman–Crippen LogP) is 5.88. The van der Waals surface area contributed by atoms with Gasteiger partial charge in [0.1, 0.15) is 6.61 Å². The number of oxime groups is 1. The highest BCUT2D eigenvalue weighted by atomic mass is 16.6. The monoisotopic (exact) mass is 454 g/mol. The molecule has 7 nitrogen and oxygen atoms in total. The molecule has 0 aromatic heterocycles. The van der Waals surface area contributed by atoms with Gasteiger partial charge < -0.3 is 15.1 Å². The summed E-state index contributed by atoms with van der Waals surface area (Å²) in [5.74, 6) is -2.51. The van der Waals surface area contributed by atoms with Gasteiger partial charge in [0.2, 0.25) is 0 Å². The van der Waals surface area contributed by atoms with Crippen LogP contribution in [-0.4, -0.2) is 58.0 Å². The number of carboxylic acids is 2. The van der Waals surface area contributed by atoms with Crippen molar-refractivity contribution in [3.05, 3.63) is 12.2 Å². The van der Waals surface area contributed by atoms with Crippen LogP contribution >= 0.6 is 0 Å². The fourth-order valence-corrected chi connectivity index (χ4v) is 3.82. The fourth-order valence-electron chi connectivity index (χ4n) is 3.82. The number of hydrogen-bond acceptors (Lipinski definition) is 5. The molecule has 0 atom stereocenters. The molecule has 1 aliphatic carbocycles. The summed E-state index contributed by atoms with van der Waals surface area (Å²) in [6, 6.07) is 1.20. The molecule has 32 heavy (non-hydrogen) atoms. The number of aliphatic carboxylic acids is 2. The van der Waals surface area contributed by atoms with Gasteiger partial charge in [0, 0.05) is 30.8 Å².